The molecular formula is C20H26N2O3S. The third-order valence-corrected chi connectivity index (χ3v) is 6.25. The van der Waals surface area contributed by atoms with Crippen molar-refractivity contribution in [2.45, 2.75) is 44.6 Å². The maximum Gasteiger partial charge on any atom is 0.262 e. The van der Waals surface area contributed by atoms with E-state index in [1.54, 1.807) is 12.1 Å². The van der Waals surface area contributed by atoms with E-state index in [0.717, 1.165) is 48.4 Å². The van der Waals surface area contributed by atoms with Crippen molar-refractivity contribution in [2.75, 3.05) is 23.2 Å². The van der Waals surface area contributed by atoms with Gasteiger partial charge in [-0.1, -0.05) is 17.7 Å². The molecule has 26 heavy (non-hydrogen) atoms. The van der Waals surface area contributed by atoms with Crippen LogP contribution in [0.3, 0.4) is 0 Å². The summed E-state index contributed by atoms with van der Waals surface area (Å²) in [5.41, 5.74) is 4.06. The van der Waals surface area contributed by atoms with E-state index in [9.17, 15) is 8.42 Å². The molecule has 2 aromatic carbocycles. The molecule has 0 aliphatic carbocycles. The van der Waals surface area contributed by atoms with Gasteiger partial charge in [-0.05, 0) is 69.0 Å². The normalized spacial score (nSPS) is 17.3. The van der Waals surface area contributed by atoms with E-state index in [4.69, 9.17) is 4.74 Å². The molecular weight excluding hydrogens is 348 g/mol. The Labute approximate surface area is 155 Å². The van der Waals surface area contributed by atoms with E-state index >= 15 is 0 Å². The molecule has 0 radical (unpaired) electrons. The summed E-state index contributed by atoms with van der Waals surface area (Å²) in [4.78, 5) is 0.351. The van der Waals surface area contributed by atoms with Gasteiger partial charge in [-0.2, -0.15) is 0 Å². The lowest BCUT2D eigenvalue weighted by Crippen LogP contribution is -2.18. The van der Waals surface area contributed by atoms with E-state index in [2.05, 4.69) is 10.0 Å². The first-order valence-electron chi connectivity index (χ1n) is 8.91. The van der Waals surface area contributed by atoms with Gasteiger partial charge in [0.1, 0.15) is 0 Å². The second-order valence-corrected chi connectivity index (χ2v) is 8.55. The monoisotopic (exact) mass is 374 g/mol. The topological polar surface area (TPSA) is 67.4 Å². The van der Waals surface area contributed by atoms with Crippen LogP contribution >= 0.6 is 0 Å². The van der Waals surface area contributed by atoms with Crippen molar-refractivity contribution in [3.8, 4) is 0 Å². The fraction of sp³-hybridized carbons (Fsp3) is 0.400. The van der Waals surface area contributed by atoms with Crippen LogP contribution in [-0.2, 0) is 14.8 Å². The predicted octanol–water partition coefficient (Wildman–Crippen LogP) is 4.00. The molecule has 1 unspecified atom stereocenters. The minimum Gasteiger partial charge on any atom is -0.382 e. The van der Waals surface area contributed by atoms with Crippen LogP contribution in [0.25, 0.3) is 0 Å². The van der Waals surface area contributed by atoms with Crippen molar-refractivity contribution in [3.63, 3.8) is 0 Å². The fourth-order valence-corrected chi connectivity index (χ4v) is 5.00. The first-order chi connectivity index (χ1) is 12.3. The minimum atomic E-state index is -3.62. The van der Waals surface area contributed by atoms with Gasteiger partial charge in [0.2, 0.25) is 0 Å². The second kappa shape index (κ2) is 7.68. The minimum absolute atomic E-state index is 0.265. The molecule has 2 N–H and O–H groups in total. The van der Waals surface area contributed by atoms with Crippen molar-refractivity contribution >= 4 is 21.4 Å². The molecule has 0 spiro atoms. The quantitative estimate of drug-likeness (QED) is 0.802. The zero-order chi connectivity index (χ0) is 18.7. The predicted molar refractivity (Wildman–Crippen MR) is 105 cm³/mol. The Kier molecular flexibility index (Phi) is 5.53. The molecule has 5 nitrogen and oxygen atoms in total. The van der Waals surface area contributed by atoms with Crippen LogP contribution in [0.1, 0.15) is 29.5 Å². The second-order valence-electron chi connectivity index (χ2n) is 6.93. The number of ether oxygens (including phenoxy) is 1. The van der Waals surface area contributed by atoms with Gasteiger partial charge in [0.15, 0.2) is 0 Å². The van der Waals surface area contributed by atoms with Crippen molar-refractivity contribution in [2.24, 2.45) is 0 Å². The molecule has 0 saturated carbocycles. The highest BCUT2D eigenvalue weighted by Crippen LogP contribution is 2.25. The lowest BCUT2D eigenvalue weighted by Gasteiger charge is -2.15. The average molecular weight is 375 g/mol. The highest BCUT2D eigenvalue weighted by molar-refractivity contribution is 7.92. The summed E-state index contributed by atoms with van der Waals surface area (Å²) in [6, 6.07) is 11.1. The highest BCUT2D eigenvalue weighted by Gasteiger charge is 2.20. The summed E-state index contributed by atoms with van der Waals surface area (Å²) < 4.78 is 33.9. The van der Waals surface area contributed by atoms with Crippen LogP contribution in [0.5, 0.6) is 0 Å². The van der Waals surface area contributed by atoms with E-state index < -0.39 is 10.0 Å². The Hall–Kier alpha value is -2.05. The zero-order valence-electron chi connectivity index (χ0n) is 15.5. The molecule has 1 aliphatic rings. The number of hydrogen-bond donors (Lipinski definition) is 2. The van der Waals surface area contributed by atoms with Gasteiger partial charge >= 0.3 is 0 Å². The van der Waals surface area contributed by atoms with Crippen molar-refractivity contribution in [3.05, 3.63) is 53.1 Å². The summed E-state index contributed by atoms with van der Waals surface area (Å²) in [7, 11) is -3.62. The lowest BCUT2D eigenvalue weighted by molar-refractivity contribution is 0.120. The number of nitrogens with one attached hydrogen (secondary N) is 2. The fourth-order valence-electron chi connectivity index (χ4n) is 3.49. The molecule has 0 bridgehead atoms. The third kappa shape index (κ3) is 4.37. The van der Waals surface area contributed by atoms with Gasteiger partial charge in [-0.3, -0.25) is 4.72 Å². The first kappa shape index (κ1) is 18.7. The van der Waals surface area contributed by atoms with Gasteiger partial charge in [0.25, 0.3) is 10.0 Å². The molecule has 1 atom stereocenters. The molecule has 3 rings (SSSR count). The van der Waals surface area contributed by atoms with Gasteiger partial charge < -0.3 is 10.1 Å². The van der Waals surface area contributed by atoms with Crippen LogP contribution in [0.2, 0.25) is 0 Å². The molecule has 0 aromatic heterocycles. The molecule has 0 amide bonds. The summed E-state index contributed by atoms with van der Waals surface area (Å²) >= 11 is 0. The van der Waals surface area contributed by atoms with E-state index in [0.29, 0.717) is 10.6 Å². The van der Waals surface area contributed by atoms with Crippen molar-refractivity contribution in [1.29, 1.82) is 0 Å². The Balaban J connectivity index is 1.70. The summed E-state index contributed by atoms with van der Waals surface area (Å²) in [6.07, 6.45) is 2.46. The van der Waals surface area contributed by atoms with Crippen LogP contribution in [-0.4, -0.2) is 27.7 Å². The van der Waals surface area contributed by atoms with Gasteiger partial charge in [-0.15, -0.1) is 0 Å². The summed E-state index contributed by atoms with van der Waals surface area (Å²) in [5, 5.41) is 3.33. The van der Waals surface area contributed by atoms with Crippen LogP contribution in [0.4, 0.5) is 11.4 Å². The van der Waals surface area contributed by atoms with E-state index in [-0.39, 0.29) is 6.10 Å². The third-order valence-electron chi connectivity index (χ3n) is 4.57. The largest absolute Gasteiger partial charge is 0.382 e. The molecule has 140 valence electrons. The van der Waals surface area contributed by atoms with Gasteiger partial charge in [0.05, 0.1) is 11.0 Å². The maximum absolute atomic E-state index is 12.8. The molecule has 2 aromatic rings. The standard InChI is InChI=1S/C20H26N2O3S/c1-14-11-15(2)20(16(3)12-14)26(23,24)22-18-8-6-17(7-9-18)21-13-19-5-4-10-25-19/h6-9,11-12,19,21-22H,4-5,10,13H2,1-3H3. The highest BCUT2D eigenvalue weighted by atomic mass is 32.2. The number of rotatable bonds is 6. The Morgan fingerprint density at radius 2 is 1.65 bits per heavy atom. The van der Waals surface area contributed by atoms with Crippen molar-refractivity contribution < 1.29 is 13.2 Å². The lowest BCUT2D eigenvalue weighted by atomic mass is 10.1. The zero-order valence-corrected chi connectivity index (χ0v) is 16.3. The van der Waals surface area contributed by atoms with Crippen LogP contribution in [0, 0.1) is 20.8 Å². The average Bonchev–Trinajstić information content (AvgIpc) is 3.06. The number of aryl methyl sites for hydroxylation is 3. The van der Waals surface area contributed by atoms with Gasteiger partial charge in [0, 0.05) is 24.5 Å². The Bertz CT molecular complexity index is 847. The molecule has 1 fully saturated rings. The molecule has 1 heterocycles. The Morgan fingerprint density at radius 3 is 2.23 bits per heavy atom. The summed E-state index contributed by atoms with van der Waals surface area (Å²) in [5.74, 6) is 0. The maximum atomic E-state index is 12.8. The van der Waals surface area contributed by atoms with Gasteiger partial charge in [-0.25, -0.2) is 8.42 Å². The number of benzene rings is 2. The van der Waals surface area contributed by atoms with Crippen LogP contribution < -0.4 is 10.0 Å². The Morgan fingerprint density at radius 1 is 1.04 bits per heavy atom. The number of anilines is 2. The number of hydrogen-bond acceptors (Lipinski definition) is 4. The summed E-state index contributed by atoms with van der Waals surface area (Å²) in [6.45, 7) is 7.23. The first-order valence-corrected chi connectivity index (χ1v) is 10.4. The number of sulfonamides is 1. The SMILES string of the molecule is Cc1cc(C)c(S(=O)(=O)Nc2ccc(NCC3CCCO3)cc2)c(C)c1. The smallest absolute Gasteiger partial charge is 0.262 e. The van der Waals surface area contributed by atoms with Crippen molar-refractivity contribution in [1.82, 2.24) is 0 Å². The van der Waals surface area contributed by atoms with Crippen LogP contribution in [0.15, 0.2) is 41.3 Å². The van der Waals surface area contributed by atoms with E-state index in [1.165, 1.54) is 0 Å². The molecule has 6 heteroatoms. The molecule has 1 aliphatic heterocycles. The molecule has 1 saturated heterocycles. The van der Waals surface area contributed by atoms with E-state index in [1.807, 2.05) is 45.0 Å².